The molecule has 0 atom stereocenters. The number of thiophene rings is 1. The van der Waals surface area contributed by atoms with E-state index in [4.69, 9.17) is 4.74 Å². The van der Waals surface area contributed by atoms with Crippen molar-refractivity contribution in [2.45, 2.75) is 31.3 Å². The van der Waals surface area contributed by atoms with E-state index in [1.54, 1.807) is 11.8 Å². The molecule has 0 saturated heterocycles. The van der Waals surface area contributed by atoms with Crippen LogP contribution in [0.4, 0.5) is 9.80 Å². The van der Waals surface area contributed by atoms with Gasteiger partial charge in [-0.15, -0.1) is 23.1 Å². The predicted molar refractivity (Wildman–Crippen MR) is 66.0 cm³/mol. The minimum absolute atomic E-state index is 0.403. The van der Waals surface area contributed by atoms with Gasteiger partial charge < -0.3 is 4.74 Å². The van der Waals surface area contributed by atoms with Crippen LogP contribution in [0.15, 0.2) is 16.3 Å². The molecule has 0 unspecified atom stereocenters. The number of thioether (sulfide) groups is 1. The van der Waals surface area contributed by atoms with Gasteiger partial charge in [-0.25, -0.2) is 4.79 Å². The van der Waals surface area contributed by atoms with Crippen molar-refractivity contribution in [3.63, 3.8) is 0 Å². The van der Waals surface area contributed by atoms with Gasteiger partial charge in [0.15, 0.2) is 0 Å². The van der Waals surface area contributed by atoms with E-state index in [0.29, 0.717) is 0 Å². The highest BCUT2D eigenvalue weighted by Crippen LogP contribution is 2.31. The smallest absolute Gasteiger partial charge is 0.412 e. The second-order valence-electron chi connectivity index (χ2n) is 3.94. The van der Waals surface area contributed by atoms with Gasteiger partial charge in [-0.05, 0) is 38.5 Å². The molecule has 0 fully saturated rings. The maximum atomic E-state index is 11.5. The summed E-state index contributed by atoms with van der Waals surface area (Å²) < 4.78 is 5.16. The Morgan fingerprint density at radius 1 is 1.53 bits per heavy atom. The van der Waals surface area contributed by atoms with Crippen molar-refractivity contribution in [3.05, 3.63) is 11.4 Å². The summed E-state index contributed by atoms with van der Waals surface area (Å²) in [5.41, 5.74) is -0.457. The summed E-state index contributed by atoms with van der Waals surface area (Å²) >= 11 is 3.10. The number of nitrogens with one attached hydrogen (secondary N) is 1. The minimum Gasteiger partial charge on any atom is -0.444 e. The molecule has 0 spiro atoms. The van der Waals surface area contributed by atoms with Gasteiger partial charge in [0, 0.05) is 4.90 Å². The van der Waals surface area contributed by atoms with Crippen molar-refractivity contribution >= 4 is 34.2 Å². The fourth-order valence-corrected chi connectivity index (χ4v) is 2.53. The molecule has 1 aromatic rings. The van der Waals surface area contributed by atoms with E-state index in [0.717, 1.165) is 9.90 Å². The second kappa shape index (κ2) is 4.90. The highest BCUT2D eigenvalue weighted by Gasteiger charge is 2.17. The maximum absolute atomic E-state index is 11.5. The topological polar surface area (TPSA) is 38.3 Å². The van der Waals surface area contributed by atoms with Crippen molar-refractivity contribution in [2.75, 3.05) is 11.6 Å². The van der Waals surface area contributed by atoms with Crippen LogP contribution in [-0.2, 0) is 4.74 Å². The zero-order valence-corrected chi connectivity index (χ0v) is 10.9. The van der Waals surface area contributed by atoms with Crippen LogP contribution in [0.5, 0.6) is 0 Å². The molecule has 0 aliphatic rings. The molecule has 1 aromatic heterocycles. The predicted octanol–water partition coefficient (Wildman–Crippen LogP) is 3.82. The summed E-state index contributed by atoms with van der Waals surface area (Å²) in [6.07, 6.45) is 1.57. The summed E-state index contributed by atoms with van der Waals surface area (Å²) in [5, 5.41) is 5.52. The molecule has 0 aliphatic carbocycles. The monoisotopic (exact) mass is 245 g/mol. The summed E-state index contributed by atoms with van der Waals surface area (Å²) in [7, 11) is 0. The van der Waals surface area contributed by atoms with Gasteiger partial charge >= 0.3 is 6.09 Å². The van der Waals surface area contributed by atoms with Gasteiger partial charge in [-0.3, -0.25) is 5.32 Å². The number of hydrogen-bond acceptors (Lipinski definition) is 4. The molecule has 3 nitrogen and oxygen atoms in total. The third-order valence-electron chi connectivity index (χ3n) is 1.46. The van der Waals surface area contributed by atoms with Crippen molar-refractivity contribution in [1.29, 1.82) is 0 Å². The molecule has 0 saturated carbocycles. The summed E-state index contributed by atoms with van der Waals surface area (Å²) in [4.78, 5) is 12.5. The Hall–Kier alpha value is -0.680. The molecule has 0 bridgehead atoms. The quantitative estimate of drug-likeness (QED) is 0.805. The first-order valence-corrected chi connectivity index (χ1v) is 6.64. The molecule has 84 valence electrons. The van der Waals surface area contributed by atoms with Gasteiger partial charge in [0.1, 0.15) is 10.6 Å². The molecule has 1 N–H and O–H groups in total. The molecule has 0 radical (unpaired) electrons. The zero-order valence-electron chi connectivity index (χ0n) is 9.29. The van der Waals surface area contributed by atoms with E-state index in [2.05, 4.69) is 5.32 Å². The fourth-order valence-electron chi connectivity index (χ4n) is 0.946. The van der Waals surface area contributed by atoms with Gasteiger partial charge in [0.2, 0.25) is 0 Å². The number of rotatable bonds is 2. The van der Waals surface area contributed by atoms with E-state index in [9.17, 15) is 4.79 Å². The highest BCUT2D eigenvalue weighted by molar-refractivity contribution is 7.99. The van der Waals surface area contributed by atoms with Crippen molar-refractivity contribution in [3.8, 4) is 0 Å². The number of carbonyl (C=O) groups excluding carboxylic acids is 1. The third kappa shape index (κ3) is 4.13. The number of carbonyl (C=O) groups is 1. The Morgan fingerprint density at radius 3 is 2.73 bits per heavy atom. The van der Waals surface area contributed by atoms with Crippen LogP contribution in [-0.4, -0.2) is 18.0 Å². The Morgan fingerprint density at radius 2 is 2.20 bits per heavy atom. The minimum atomic E-state index is -0.457. The molecule has 5 heteroatoms. The maximum Gasteiger partial charge on any atom is 0.412 e. The second-order valence-corrected chi connectivity index (χ2v) is 5.71. The van der Waals surface area contributed by atoms with E-state index in [1.807, 2.05) is 38.5 Å². The molecule has 15 heavy (non-hydrogen) atoms. The molecular formula is C10H15NO2S2. The van der Waals surface area contributed by atoms with Crippen molar-refractivity contribution in [1.82, 2.24) is 0 Å². The van der Waals surface area contributed by atoms with Gasteiger partial charge in [0.25, 0.3) is 0 Å². The highest BCUT2D eigenvalue weighted by atomic mass is 32.2. The first-order chi connectivity index (χ1) is 6.92. The van der Waals surface area contributed by atoms with E-state index < -0.39 is 11.7 Å². The number of amides is 1. The first-order valence-electron chi connectivity index (χ1n) is 4.54. The molecule has 1 amide bonds. The van der Waals surface area contributed by atoms with Crippen LogP contribution in [0.3, 0.4) is 0 Å². The van der Waals surface area contributed by atoms with Crippen LogP contribution < -0.4 is 5.32 Å². The molecular weight excluding hydrogens is 230 g/mol. The lowest BCUT2D eigenvalue weighted by Crippen LogP contribution is -2.27. The average molecular weight is 245 g/mol. The normalized spacial score (nSPS) is 11.2. The van der Waals surface area contributed by atoms with Crippen molar-refractivity contribution < 1.29 is 9.53 Å². The van der Waals surface area contributed by atoms with Crippen LogP contribution in [0.25, 0.3) is 0 Å². The van der Waals surface area contributed by atoms with Crippen LogP contribution in [0, 0.1) is 0 Å². The lowest BCUT2D eigenvalue weighted by atomic mass is 10.2. The molecule has 1 heterocycles. The molecule has 1 rings (SSSR count). The van der Waals surface area contributed by atoms with Crippen LogP contribution >= 0.6 is 23.1 Å². The Labute approximate surface area is 98.2 Å². The molecule has 0 aromatic carbocycles. The largest absolute Gasteiger partial charge is 0.444 e. The average Bonchev–Trinajstić information content (AvgIpc) is 2.48. The van der Waals surface area contributed by atoms with Gasteiger partial charge in [-0.1, -0.05) is 0 Å². The Balaban J connectivity index is 2.59. The van der Waals surface area contributed by atoms with E-state index >= 15 is 0 Å². The lowest BCUT2D eigenvalue weighted by Gasteiger charge is -2.19. The van der Waals surface area contributed by atoms with Crippen LogP contribution in [0.1, 0.15) is 20.8 Å². The van der Waals surface area contributed by atoms with Gasteiger partial charge in [-0.2, -0.15) is 0 Å². The fraction of sp³-hybridized carbons (Fsp3) is 0.500. The summed E-state index contributed by atoms with van der Waals surface area (Å²) in [5.74, 6) is 0. The third-order valence-corrected chi connectivity index (χ3v) is 3.20. The van der Waals surface area contributed by atoms with E-state index in [-0.39, 0.29) is 0 Å². The van der Waals surface area contributed by atoms with Crippen molar-refractivity contribution in [2.24, 2.45) is 0 Å². The Kier molecular flexibility index (Phi) is 4.04. The van der Waals surface area contributed by atoms with Gasteiger partial charge in [0.05, 0.1) is 0 Å². The lowest BCUT2D eigenvalue weighted by molar-refractivity contribution is 0.0636. The van der Waals surface area contributed by atoms with E-state index in [1.165, 1.54) is 11.3 Å². The Bertz CT molecular complexity index is 341. The number of hydrogen-bond donors (Lipinski definition) is 1. The molecule has 0 aliphatic heterocycles. The number of anilines is 1. The first kappa shape index (κ1) is 12.4. The summed E-state index contributed by atoms with van der Waals surface area (Å²) in [6, 6.07) is 1.97. The SMILES string of the molecule is CSc1ccsc1NC(=O)OC(C)(C)C. The standard InChI is InChI=1S/C10H15NO2S2/c1-10(2,3)13-9(12)11-8-7(14-4)5-6-15-8/h5-6H,1-4H3,(H,11,12). The summed E-state index contributed by atoms with van der Waals surface area (Å²) in [6.45, 7) is 5.53. The zero-order chi connectivity index (χ0) is 11.5. The van der Waals surface area contributed by atoms with Crippen LogP contribution in [0.2, 0.25) is 0 Å². The number of ether oxygens (including phenoxy) is 1.